The summed E-state index contributed by atoms with van der Waals surface area (Å²) in [7, 11) is 0. The molecule has 1 fully saturated rings. The SMILES string of the molecule is C=C/C(F)=C(\C=C/C)NC(=O)c1ccc(CN)c(-c2cccc(C(=O)Nc3cccc(SC4CCOC4=O)c3)c2)c1. The number of carbonyl (C=O) groups excluding carboxylic acids is 3. The molecule has 7 nitrogen and oxygen atoms in total. The van der Waals surface area contributed by atoms with Crippen LogP contribution in [0.4, 0.5) is 10.1 Å². The number of hydrogen-bond donors (Lipinski definition) is 3. The Bertz CT molecular complexity index is 1550. The average Bonchev–Trinajstić information content (AvgIpc) is 3.40. The van der Waals surface area contributed by atoms with E-state index in [1.807, 2.05) is 24.3 Å². The summed E-state index contributed by atoms with van der Waals surface area (Å²) in [6.07, 6.45) is 4.73. The predicted octanol–water partition coefficient (Wildman–Crippen LogP) is 6.15. The molecule has 0 radical (unpaired) electrons. The quantitative estimate of drug-likeness (QED) is 0.199. The molecule has 9 heteroatoms. The molecule has 0 aromatic heterocycles. The Hall–Kier alpha value is -4.47. The van der Waals surface area contributed by atoms with Gasteiger partial charge in [0.2, 0.25) is 0 Å². The Morgan fingerprint density at radius 2 is 1.88 bits per heavy atom. The van der Waals surface area contributed by atoms with E-state index in [-0.39, 0.29) is 29.4 Å². The Morgan fingerprint density at radius 3 is 2.59 bits per heavy atom. The van der Waals surface area contributed by atoms with Gasteiger partial charge < -0.3 is 21.1 Å². The van der Waals surface area contributed by atoms with Crippen LogP contribution in [0.1, 0.15) is 39.6 Å². The fraction of sp³-hybridized carbons (Fsp3) is 0.156. The fourth-order valence-electron chi connectivity index (χ4n) is 4.24. The van der Waals surface area contributed by atoms with Gasteiger partial charge in [0, 0.05) is 34.7 Å². The highest BCUT2D eigenvalue weighted by Crippen LogP contribution is 2.31. The first-order valence-corrected chi connectivity index (χ1v) is 13.8. The third-order valence-corrected chi connectivity index (χ3v) is 7.54. The summed E-state index contributed by atoms with van der Waals surface area (Å²) in [5.41, 5.74) is 9.43. The number of rotatable bonds is 10. The van der Waals surface area contributed by atoms with Crippen LogP contribution in [0, 0.1) is 0 Å². The largest absolute Gasteiger partial charge is 0.465 e. The molecule has 4 N–H and O–H groups in total. The molecule has 1 unspecified atom stereocenters. The van der Waals surface area contributed by atoms with Crippen molar-refractivity contribution >= 4 is 35.2 Å². The molecule has 3 aromatic carbocycles. The summed E-state index contributed by atoms with van der Waals surface area (Å²) in [5.74, 6) is -1.70. The number of cyclic esters (lactones) is 1. The molecule has 1 aliphatic heterocycles. The van der Waals surface area contributed by atoms with Crippen LogP contribution < -0.4 is 16.4 Å². The van der Waals surface area contributed by atoms with Gasteiger partial charge >= 0.3 is 5.97 Å². The molecule has 1 heterocycles. The van der Waals surface area contributed by atoms with Gasteiger partial charge in [-0.25, -0.2) is 4.39 Å². The van der Waals surface area contributed by atoms with Crippen LogP contribution in [-0.2, 0) is 16.1 Å². The van der Waals surface area contributed by atoms with Gasteiger partial charge in [-0.05, 0) is 78.2 Å². The summed E-state index contributed by atoms with van der Waals surface area (Å²) in [6, 6.07) is 19.3. The lowest BCUT2D eigenvalue weighted by atomic mass is 9.95. The van der Waals surface area contributed by atoms with Crippen LogP contribution >= 0.6 is 11.8 Å². The summed E-state index contributed by atoms with van der Waals surface area (Å²) in [6.45, 7) is 5.76. The van der Waals surface area contributed by atoms with E-state index in [1.165, 1.54) is 17.8 Å². The highest BCUT2D eigenvalue weighted by molar-refractivity contribution is 8.00. The van der Waals surface area contributed by atoms with Gasteiger partial charge in [-0.15, -0.1) is 11.8 Å². The number of thioether (sulfide) groups is 1. The zero-order valence-corrected chi connectivity index (χ0v) is 23.3. The van der Waals surface area contributed by atoms with Gasteiger partial charge in [0.15, 0.2) is 0 Å². The first-order chi connectivity index (χ1) is 19.8. The maximum atomic E-state index is 14.1. The second kappa shape index (κ2) is 13.7. The zero-order valence-electron chi connectivity index (χ0n) is 22.5. The Labute approximate surface area is 242 Å². The van der Waals surface area contributed by atoms with Crippen molar-refractivity contribution in [3.05, 3.63) is 120 Å². The third kappa shape index (κ3) is 7.39. The Balaban J connectivity index is 1.55. The van der Waals surface area contributed by atoms with Crippen molar-refractivity contribution in [2.45, 2.75) is 30.0 Å². The van der Waals surface area contributed by atoms with Gasteiger partial charge in [0.05, 0.1) is 12.3 Å². The molecule has 41 heavy (non-hydrogen) atoms. The summed E-state index contributed by atoms with van der Waals surface area (Å²) in [5, 5.41) is 5.23. The number of halogens is 1. The van der Waals surface area contributed by atoms with E-state index in [4.69, 9.17) is 10.5 Å². The van der Waals surface area contributed by atoms with Gasteiger partial charge in [0.1, 0.15) is 11.1 Å². The number of benzene rings is 3. The average molecular weight is 572 g/mol. The van der Waals surface area contributed by atoms with Gasteiger partial charge in [-0.3, -0.25) is 14.4 Å². The first kappa shape index (κ1) is 29.5. The van der Waals surface area contributed by atoms with Crippen LogP contribution in [0.2, 0.25) is 0 Å². The molecule has 0 saturated carbocycles. The van der Waals surface area contributed by atoms with Crippen LogP contribution in [0.3, 0.4) is 0 Å². The van der Waals surface area contributed by atoms with Gasteiger partial charge in [-0.1, -0.05) is 36.9 Å². The zero-order chi connectivity index (χ0) is 29.4. The van der Waals surface area contributed by atoms with E-state index < -0.39 is 11.7 Å². The van der Waals surface area contributed by atoms with Gasteiger partial charge in [-0.2, -0.15) is 0 Å². The summed E-state index contributed by atoms with van der Waals surface area (Å²) in [4.78, 5) is 38.8. The molecule has 210 valence electrons. The normalized spacial score (nSPS) is 15.3. The van der Waals surface area contributed by atoms with Crippen molar-refractivity contribution in [3.63, 3.8) is 0 Å². The lowest BCUT2D eigenvalue weighted by Gasteiger charge is -2.13. The van der Waals surface area contributed by atoms with Crippen molar-refractivity contribution in [2.24, 2.45) is 5.73 Å². The first-order valence-electron chi connectivity index (χ1n) is 13.0. The van der Waals surface area contributed by atoms with E-state index in [0.29, 0.717) is 41.0 Å². The minimum absolute atomic E-state index is 0.00117. The topological polar surface area (TPSA) is 111 Å². The predicted molar refractivity (Wildman–Crippen MR) is 160 cm³/mol. The van der Waals surface area contributed by atoms with E-state index in [9.17, 15) is 18.8 Å². The minimum atomic E-state index is -0.654. The van der Waals surface area contributed by atoms with Crippen molar-refractivity contribution in [1.82, 2.24) is 5.32 Å². The molecule has 0 spiro atoms. The number of allylic oxidation sites excluding steroid dienone is 4. The maximum absolute atomic E-state index is 14.1. The lowest BCUT2D eigenvalue weighted by molar-refractivity contribution is -0.137. The summed E-state index contributed by atoms with van der Waals surface area (Å²) >= 11 is 1.41. The van der Waals surface area contributed by atoms with Crippen LogP contribution in [0.15, 0.2) is 108 Å². The highest BCUT2D eigenvalue weighted by atomic mass is 32.2. The summed E-state index contributed by atoms with van der Waals surface area (Å²) < 4.78 is 19.2. The van der Waals surface area contributed by atoms with Crippen LogP contribution in [-0.4, -0.2) is 29.6 Å². The van der Waals surface area contributed by atoms with E-state index in [1.54, 1.807) is 55.5 Å². The lowest BCUT2D eigenvalue weighted by Crippen LogP contribution is -2.23. The second-order valence-corrected chi connectivity index (χ2v) is 10.4. The smallest absolute Gasteiger partial charge is 0.319 e. The fourth-order valence-corrected chi connectivity index (χ4v) is 5.30. The maximum Gasteiger partial charge on any atom is 0.319 e. The highest BCUT2D eigenvalue weighted by Gasteiger charge is 2.27. The monoisotopic (exact) mass is 571 g/mol. The minimum Gasteiger partial charge on any atom is -0.465 e. The Kier molecular flexibility index (Phi) is 9.89. The van der Waals surface area contributed by atoms with Crippen molar-refractivity contribution in [2.75, 3.05) is 11.9 Å². The van der Waals surface area contributed by atoms with E-state index in [0.717, 1.165) is 16.5 Å². The number of nitrogens with two attached hydrogens (primary N) is 1. The van der Waals surface area contributed by atoms with Crippen LogP contribution in [0.5, 0.6) is 0 Å². The molecule has 2 amide bonds. The standard InChI is InChI=1S/C32H30FN3O4S/c1-3-7-28(27(33)4-2)36-31(38)22-12-13-23(19-34)26(17-22)20-8-5-9-21(16-20)30(37)35-24-10-6-11-25(18-24)41-29-14-15-40-32(29)39/h3-13,16-18,29H,2,14-15,19,34H2,1H3,(H,35,37)(H,36,38)/b7-3-,28-27-. The van der Waals surface area contributed by atoms with Crippen molar-refractivity contribution in [3.8, 4) is 11.1 Å². The molecule has 4 rings (SSSR count). The number of anilines is 1. The van der Waals surface area contributed by atoms with Crippen molar-refractivity contribution < 1.29 is 23.5 Å². The number of hydrogen-bond acceptors (Lipinski definition) is 6. The molecule has 0 aliphatic carbocycles. The number of carbonyl (C=O) groups is 3. The molecule has 0 bridgehead atoms. The second-order valence-electron chi connectivity index (χ2n) is 9.12. The number of esters is 1. The molecule has 1 saturated heterocycles. The van der Waals surface area contributed by atoms with E-state index >= 15 is 0 Å². The van der Waals surface area contributed by atoms with Crippen LogP contribution in [0.25, 0.3) is 11.1 Å². The molecule has 1 atom stereocenters. The number of nitrogens with one attached hydrogen (secondary N) is 2. The van der Waals surface area contributed by atoms with Gasteiger partial charge in [0.25, 0.3) is 11.8 Å². The molecule has 1 aliphatic rings. The Morgan fingerprint density at radius 1 is 1.10 bits per heavy atom. The van der Waals surface area contributed by atoms with Crippen molar-refractivity contribution in [1.29, 1.82) is 0 Å². The number of ether oxygens (including phenoxy) is 1. The molecular formula is C32H30FN3O4S. The van der Waals surface area contributed by atoms with E-state index in [2.05, 4.69) is 17.2 Å². The number of amides is 2. The molecule has 3 aromatic rings. The molecular weight excluding hydrogens is 541 g/mol. The third-order valence-electron chi connectivity index (χ3n) is 6.30.